The van der Waals surface area contributed by atoms with Crippen molar-refractivity contribution in [1.82, 2.24) is 0 Å². The molecule has 144 valence electrons. The molecule has 3 rings (SSSR count). The highest BCUT2D eigenvalue weighted by atomic mass is 35.5. The van der Waals surface area contributed by atoms with Gasteiger partial charge in [0, 0.05) is 26.2 Å². The molecule has 0 aliphatic rings. The van der Waals surface area contributed by atoms with Gasteiger partial charge in [-0.3, -0.25) is 5.43 Å². The Labute approximate surface area is 178 Å². The molecule has 0 spiro atoms. The molecule has 1 N–H and O–H groups in total. The highest BCUT2D eigenvalue weighted by Crippen LogP contribution is 2.33. The number of hydrogen-bond donors (Lipinski definition) is 1. The van der Waals surface area contributed by atoms with Crippen molar-refractivity contribution in [2.24, 2.45) is 5.10 Å². The second-order valence-electron chi connectivity index (χ2n) is 5.74. The number of nitrogens with zero attached hydrogens (tertiary/aromatic N) is 1. The quantitative estimate of drug-likeness (QED) is 0.332. The van der Waals surface area contributed by atoms with Crippen LogP contribution in [0.2, 0.25) is 15.1 Å². The van der Waals surface area contributed by atoms with Gasteiger partial charge in [-0.1, -0.05) is 46.9 Å². The summed E-state index contributed by atoms with van der Waals surface area (Å²) in [5.41, 5.74) is 5.21. The lowest BCUT2D eigenvalue weighted by Crippen LogP contribution is -2.02. The minimum atomic E-state index is 0.199. The average molecular weight is 436 g/mol. The van der Waals surface area contributed by atoms with E-state index in [1.807, 2.05) is 30.3 Å². The monoisotopic (exact) mass is 434 g/mol. The van der Waals surface area contributed by atoms with E-state index in [1.165, 1.54) is 0 Å². The molecule has 0 amide bonds. The zero-order valence-electron chi connectivity index (χ0n) is 15.0. The standard InChI is InChI=1S/C21H17Cl3N2O2/c1-27-20-7-2-4-14(12-25-26-16-10-8-15(22)9-11-16)21(20)28-13-17-18(23)5-3-6-19(17)24/h2-12,26H,13H2,1H3. The first-order valence-electron chi connectivity index (χ1n) is 8.36. The molecule has 0 bridgehead atoms. The molecule has 0 aliphatic heterocycles. The maximum atomic E-state index is 6.23. The molecule has 0 saturated heterocycles. The highest BCUT2D eigenvalue weighted by Gasteiger charge is 2.12. The smallest absolute Gasteiger partial charge is 0.170 e. The topological polar surface area (TPSA) is 42.8 Å². The molecule has 0 heterocycles. The van der Waals surface area contributed by atoms with Gasteiger partial charge >= 0.3 is 0 Å². The van der Waals surface area contributed by atoms with Crippen molar-refractivity contribution >= 4 is 46.7 Å². The molecule has 0 fully saturated rings. The number of hydrogen-bond acceptors (Lipinski definition) is 4. The minimum absolute atomic E-state index is 0.199. The number of rotatable bonds is 7. The third kappa shape index (κ3) is 5.10. The van der Waals surface area contributed by atoms with Crippen LogP contribution in [-0.2, 0) is 6.61 Å². The predicted molar refractivity (Wildman–Crippen MR) is 116 cm³/mol. The van der Waals surface area contributed by atoms with Crippen molar-refractivity contribution in [3.05, 3.63) is 86.9 Å². The number of methoxy groups -OCH3 is 1. The van der Waals surface area contributed by atoms with Crippen molar-refractivity contribution in [2.75, 3.05) is 12.5 Å². The number of benzene rings is 3. The van der Waals surface area contributed by atoms with Gasteiger partial charge in [0.25, 0.3) is 0 Å². The van der Waals surface area contributed by atoms with Gasteiger partial charge in [-0.05, 0) is 48.5 Å². The van der Waals surface area contributed by atoms with Gasteiger partial charge in [0.2, 0.25) is 0 Å². The fourth-order valence-electron chi connectivity index (χ4n) is 2.47. The van der Waals surface area contributed by atoms with Crippen LogP contribution in [0.4, 0.5) is 5.69 Å². The number of halogens is 3. The summed E-state index contributed by atoms with van der Waals surface area (Å²) in [6, 6.07) is 18.1. The number of ether oxygens (including phenoxy) is 2. The van der Waals surface area contributed by atoms with Crippen LogP contribution < -0.4 is 14.9 Å². The van der Waals surface area contributed by atoms with E-state index in [1.54, 1.807) is 43.7 Å². The van der Waals surface area contributed by atoms with Crippen molar-refractivity contribution in [3.63, 3.8) is 0 Å². The van der Waals surface area contributed by atoms with Crippen LogP contribution in [0.1, 0.15) is 11.1 Å². The molecule has 3 aromatic rings. The van der Waals surface area contributed by atoms with E-state index >= 15 is 0 Å². The van der Waals surface area contributed by atoms with Crippen LogP contribution in [0.3, 0.4) is 0 Å². The van der Waals surface area contributed by atoms with E-state index in [-0.39, 0.29) is 6.61 Å². The summed E-state index contributed by atoms with van der Waals surface area (Å²) in [6.07, 6.45) is 1.65. The normalized spacial score (nSPS) is 10.9. The van der Waals surface area contributed by atoms with E-state index in [2.05, 4.69) is 10.5 Å². The maximum Gasteiger partial charge on any atom is 0.170 e. The Morgan fingerprint density at radius 3 is 2.29 bits per heavy atom. The molecule has 7 heteroatoms. The van der Waals surface area contributed by atoms with Gasteiger partial charge in [-0.15, -0.1) is 0 Å². The first kappa shape index (κ1) is 20.3. The first-order valence-corrected chi connectivity index (χ1v) is 9.49. The predicted octanol–water partition coefficient (Wildman–Crippen LogP) is 6.68. The molecule has 0 saturated carbocycles. The molecule has 3 aromatic carbocycles. The summed E-state index contributed by atoms with van der Waals surface area (Å²) in [7, 11) is 1.58. The summed E-state index contributed by atoms with van der Waals surface area (Å²) >= 11 is 18.3. The number of hydrazone groups is 1. The van der Waals surface area contributed by atoms with Crippen molar-refractivity contribution in [3.8, 4) is 11.5 Å². The number of nitrogens with one attached hydrogen (secondary N) is 1. The van der Waals surface area contributed by atoms with Gasteiger partial charge in [0.1, 0.15) is 6.61 Å². The van der Waals surface area contributed by atoms with E-state index in [9.17, 15) is 0 Å². The highest BCUT2D eigenvalue weighted by molar-refractivity contribution is 6.36. The van der Waals surface area contributed by atoms with Crippen LogP contribution in [0.25, 0.3) is 0 Å². The zero-order chi connectivity index (χ0) is 19.9. The van der Waals surface area contributed by atoms with E-state index in [0.29, 0.717) is 32.1 Å². The second-order valence-corrected chi connectivity index (χ2v) is 7.00. The van der Waals surface area contributed by atoms with E-state index < -0.39 is 0 Å². The van der Waals surface area contributed by atoms with E-state index in [4.69, 9.17) is 44.3 Å². The SMILES string of the molecule is COc1cccc(C=NNc2ccc(Cl)cc2)c1OCc1c(Cl)cccc1Cl. The summed E-state index contributed by atoms with van der Waals surface area (Å²) < 4.78 is 11.4. The van der Waals surface area contributed by atoms with Crippen molar-refractivity contribution in [2.45, 2.75) is 6.61 Å². The van der Waals surface area contributed by atoms with Crippen LogP contribution in [0, 0.1) is 0 Å². The summed E-state index contributed by atoms with van der Waals surface area (Å²) in [4.78, 5) is 0. The molecule has 0 radical (unpaired) electrons. The maximum absolute atomic E-state index is 6.23. The van der Waals surface area contributed by atoms with Crippen LogP contribution in [0.15, 0.2) is 65.8 Å². The summed E-state index contributed by atoms with van der Waals surface area (Å²) in [5.74, 6) is 1.13. The van der Waals surface area contributed by atoms with E-state index in [0.717, 1.165) is 11.3 Å². The average Bonchev–Trinajstić information content (AvgIpc) is 2.69. The van der Waals surface area contributed by atoms with Gasteiger partial charge in [-0.2, -0.15) is 5.10 Å². The Balaban J connectivity index is 1.80. The molecule has 28 heavy (non-hydrogen) atoms. The number of anilines is 1. The largest absolute Gasteiger partial charge is 0.493 e. The van der Waals surface area contributed by atoms with Gasteiger partial charge < -0.3 is 9.47 Å². The minimum Gasteiger partial charge on any atom is -0.493 e. The van der Waals surface area contributed by atoms with Crippen LogP contribution in [0.5, 0.6) is 11.5 Å². The third-order valence-electron chi connectivity index (χ3n) is 3.89. The number of para-hydroxylation sites is 1. The summed E-state index contributed by atoms with van der Waals surface area (Å²) in [6.45, 7) is 0.199. The Morgan fingerprint density at radius 1 is 0.929 bits per heavy atom. The van der Waals surface area contributed by atoms with Crippen molar-refractivity contribution in [1.29, 1.82) is 0 Å². The Morgan fingerprint density at radius 2 is 1.61 bits per heavy atom. The Kier molecular flexibility index (Phi) is 7.04. The molecular formula is C21H17Cl3N2O2. The van der Waals surface area contributed by atoms with Crippen molar-refractivity contribution < 1.29 is 9.47 Å². The molecular weight excluding hydrogens is 419 g/mol. The fourth-order valence-corrected chi connectivity index (χ4v) is 3.10. The first-order chi connectivity index (χ1) is 13.6. The lowest BCUT2D eigenvalue weighted by molar-refractivity contribution is 0.284. The molecule has 4 nitrogen and oxygen atoms in total. The molecule has 0 aromatic heterocycles. The third-order valence-corrected chi connectivity index (χ3v) is 4.85. The molecule has 0 atom stereocenters. The second kappa shape index (κ2) is 9.69. The van der Waals surface area contributed by atoms with Gasteiger partial charge in [0.15, 0.2) is 11.5 Å². The Bertz CT molecular complexity index is 956. The molecule has 0 aliphatic carbocycles. The zero-order valence-corrected chi connectivity index (χ0v) is 17.2. The summed E-state index contributed by atoms with van der Waals surface area (Å²) in [5, 5.41) is 6.01. The lowest BCUT2D eigenvalue weighted by Gasteiger charge is -2.14. The van der Waals surface area contributed by atoms with Gasteiger partial charge in [-0.25, -0.2) is 0 Å². The molecule has 0 unspecified atom stereocenters. The van der Waals surface area contributed by atoms with Crippen LogP contribution >= 0.6 is 34.8 Å². The lowest BCUT2D eigenvalue weighted by atomic mass is 10.2. The Hall–Kier alpha value is -2.40. The van der Waals surface area contributed by atoms with Gasteiger partial charge in [0.05, 0.1) is 19.0 Å². The fraction of sp³-hybridized carbons (Fsp3) is 0.0952. The van der Waals surface area contributed by atoms with Crippen LogP contribution in [-0.4, -0.2) is 13.3 Å².